The number of halogens is 1. The van der Waals surface area contributed by atoms with Crippen molar-refractivity contribution < 1.29 is 9.59 Å². The molecule has 0 aliphatic carbocycles. The summed E-state index contributed by atoms with van der Waals surface area (Å²) in [7, 11) is 0. The quantitative estimate of drug-likeness (QED) is 0.613. The molecule has 0 aliphatic heterocycles. The van der Waals surface area contributed by atoms with Gasteiger partial charge in [-0.05, 0) is 69.7 Å². The number of anilines is 1. The molecule has 1 aromatic heterocycles. The van der Waals surface area contributed by atoms with Crippen LogP contribution in [-0.2, 0) is 6.42 Å². The number of hydrogen-bond donors (Lipinski definition) is 2. The van der Waals surface area contributed by atoms with E-state index in [-0.39, 0.29) is 17.4 Å². The third kappa shape index (κ3) is 5.07. The standard InChI is InChI=1S/C23H25ClN4O2/c1-5-20-19(14-25-28(20)18-8-6-7-16(24)13-18)22(30)26-17-11-9-15(10-12-17)21(29)27-23(2,3)4/h6-14H,5H2,1-4H3,(H,26,30)(H,27,29). The first-order valence-corrected chi connectivity index (χ1v) is 10.1. The van der Waals surface area contributed by atoms with E-state index < -0.39 is 0 Å². The molecule has 0 saturated heterocycles. The number of carbonyl (C=O) groups excluding carboxylic acids is 2. The van der Waals surface area contributed by atoms with E-state index in [2.05, 4.69) is 15.7 Å². The summed E-state index contributed by atoms with van der Waals surface area (Å²) in [5.74, 6) is -0.413. The number of amides is 2. The Morgan fingerprint density at radius 1 is 1.07 bits per heavy atom. The Bertz CT molecular complexity index is 1070. The van der Waals surface area contributed by atoms with E-state index in [1.54, 1.807) is 47.3 Å². The first-order chi connectivity index (χ1) is 14.2. The summed E-state index contributed by atoms with van der Waals surface area (Å²) in [5.41, 5.74) is 2.90. The van der Waals surface area contributed by atoms with Crippen molar-refractivity contribution in [3.63, 3.8) is 0 Å². The lowest BCUT2D eigenvalue weighted by Gasteiger charge is -2.20. The molecule has 2 aromatic carbocycles. The van der Waals surface area contributed by atoms with Gasteiger partial charge in [-0.1, -0.05) is 24.6 Å². The van der Waals surface area contributed by atoms with Gasteiger partial charge in [0.1, 0.15) is 0 Å². The van der Waals surface area contributed by atoms with Gasteiger partial charge in [0.05, 0.1) is 23.1 Å². The molecule has 7 heteroatoms. The van der Waals surface area contributed by atoms with Gasteiger partial charge in [0, 0.05) is 21.8 Å². The Morgan fingerprint density at radius 3 is 2.37 bits per heavy atom. The highest BCUT2D eigenvalue weighted by Crippen LogP contribution is 2.20. The molecule has 0 atom stereocenters. The van der Waals surface area contributed by atoms with E-state index in [4.69, 9.17) is 11.6 Å². The normalized spacial score (nSPS) is 11.2. The molecule has 0 radical (unpaired) electrons. The number of aromatic nitrogens is 2. The number of nitrogens with one attached hydrogen (secondary N) is 2. The van der Waals surface area contributed by atoms with Crippen molar-refractivity contribution in [2.45, 2.75) is 39.7 Å². The third-order valence-corrected chi connectivity index (χ3v) is 4.63. The summed E-state index contributed by atoms with van der Waals surface area (Å²) in [4.78, 5) is 25.1. The molecular formula is C23H25ClN4O2. The lowest BCUT2D eigenvalue weighted by atomic mass is 10.1. The van der Waals surface area contributed by atoms with Crippen molar-refractivity contribution in [1.82, 2.24) is 15.1 Å². The van der Waals surface area contributed by atoms with Crippen LogP contribution in [0.1, 0.15) is 54.1 Å². The monoisotopic (exact) mass is 424 g/mol. The molecule has 3 rings (SSSR count). The highest BCUT2D eigenvalue weighted by Gasteiger charge is 2.18. The Hall–Kier alpha value is -3.12. The SMILES string of the molecule is CCc1c(C(=O)Nc2ccc(C(=O)NC(C)(C)C)cc2)cnn1-c1cccc(Cl)c1. The van der Waals surface area contributed by atoms with Crippen molar-refractivity contribution in [1.29, 1.82) is 0 Å². The van der Waals surface area contributed by atoms with Crippen molar-refractivity contribution in [3.05, 3.63) is 76.6 Å². The molecule has 2 amide bonds. The molecule has 0 fully saturated rings. The molecule has 156 valence electrons. The minimum atomic E-state index is -0.316. The van der Waals surface area contributed by atoms with Crippen molar-refractivity contribution in [3.8, 4) is 5.69 Å². The smallest absolute Gasteiger partial charge is 0.259 e. The molecule has 0 unspecified atom stereocenters. The summed E-state index contributed by atoms with van der Waals surface area (Å²) >= 11 is 6.09. The maximum Gasteiger partial charge on any atom is 0.259 e. The number of nitrogens with zero attached hydrogens (tertiary/aromatic N) is 2. The third-order valence-electron chi connectivity index (χ3n) is 4.39. The topological polar surface area (TPSA) is 76.0 Å². The highest BCUT2D eigenvalue weighted by molar-refractivity contribution is 6.30. The van der Waals surface area contributed by atoms with E-state index in [0.29, 0.717) is 28.3 Å². The maximum atomic E-state index is 12.8. The first-order valence-electron chi connectivity index (χ1n) is 9.74. The summed E-state index contributed by atoms with van der Waals surface area (Å²) in [6.07, 6.45) is 2.18. The van der Waals surface area contributed by atoms with Gasteiger partial charge in [-0.2, -0.15) is 5.10 Å². The molecule has 6 nitrogen and oxygen atoms in total. The van der Waals surface area contributed by atoms with Gasteiger partial charge >= 0.3 is 0 Å². The molecule has 0 bridgehead atoms. The van der Waals surface area contributed by atoms with Crippen LogP contribution in [0.2, 0.25) is 5.02 Å². The summed E-state index contributed by atoms with van der Waals surface area (Å²) in [6, 6.07) is 14.1. The van der Waals surface area contributed by atoms with E-state index in [1.165, 1.54) is 0 Å². The van der Waals surface area contributed by atoms with E-state index in [0.717, 1.165) is 11.4 Å². The molecule has 0 spiro atoms. The lowest BCUT2D eigenvalue weighted by molar-refractivity contribution is 0.0919. The van der Waals surface area contributed by atoms with Crippen molar-refractivity contribution in [2.75, 3.05) is 5.32 Å². The van der Waals surface area contributed by atoms with Crippen LogP contribution >= 0.6 is 11.6 Å². The molecule has 3 aromatic rings. The average molecular weight is 425 g/mol. The number of hydrogen-bond acceptors (Lipinski definition) is 3. The molecule has 0 saturated carbocycles. The van der Waals surface area contributed by atoms with E-state index >= 15 is 0 Å². The summed E-state index contributed by atoms with van der Waals surface area (Å²) in [6.45, 7) is 7.74. The second kappa shape index (κ2) is 8.71. The van der Waals surface area contributed by atoms with Gasteiger partial charge in [0.15, 0.2) is 0 Å². The maximum absolute atomic E-state index is 12.8. The fourth-order valence-electron chi connectivity index (χ4n) is 3.05. The van der Waals surface area contributed by atoms with Crippen LogP contribution < -0.4 is 10.6 Å². The van der Waals surface area contributed by atoms with Gasteiger partial charge in [0.2, 0.25) is 0 Å². The molecule has 2 N–H and O–H groups in total. The van der Waals surface area contributed by atoms with Crippen LogP contribution in [0.15, 0.2) is 54.7 Å². The van der Waals surface area contributed by atoms with Crippen LogP contribution in [0, 0.1) is 0 Å². The Morgan fingerprint density at radius 2 is 1.77 bits per heavy atom. The fourth-order valence-corrected chi connectivity index (χ4v) is 3.23. The molecule has 1 heterocycles. The lowest BCUT2D eigenvalue weighted by Crippen LogP contribution is -2.40. The highest BCUT2D eigenvalue weighted by atomic mass is 35.5. The number of carbonyl (C=O) groups is 2. The predicted molar refractivity (Wildman–Crippen MR) is 120 cm³/mol. The van der Waals surface area contributed by atoms with Gasteiger partial charge in [0.25, 0.3) is 11.8 Å². The van der Waals surface area contributed by atoms with Crippen molar-refractivity contribution >= 4 is 29.1 Å². The van der Waals surface area contributed by atoms with E-state index in [9.17, 15) is 9.59 Å². The average Bonchev–Trinajstić information content (AvgIpc) is 3.11. The minimum Gasteiger partial charge on any atom is -0.347 e. The second-order valence-corrected chi connectivity index (χ2v) is 8.42. The largest absolute Gasteiger partial charge is 0.347 e. The van der Waals surface area contributed by atoms with Gasteiger partial charge in [-0.25, -0.2) is 4.68 Å². The Kier molecular flexibility index (Phi) is 6.27. The van der Waals surface area contributed by atoms with Gasteiger partial charge in [-0.15, -0.1) is 0 Å². The van der Waals surface area contributed by atoms with Gasteiger partial charge < -0.3 is 10.6 Å². The van der Waals surface area contributed by atoms with Crippen LogP contribution in [0.3, 0.4) is 0 Å². The van der Waals surface area contributed by atoms with Crippen LogP contribution in [-0.4, -0.2) is 27.1 Å². The summed E-state index contributed by atoms with van der Waals surface area (Å²) < 4.78 is 1.72. The first kappa shape index (κ1) is 21.6. The zero-order chi connectivity index (χ0) is 21.9. The van der Waals surface area contributed by atoms with Crippen LogP contribution in [0.5, 0.6) is 0 Å². The van der Waals surface area contributed by atoms with Crippen molar-refractivity contribution in [2.24, 2.45) is 0 Å². The predicted octanol–water partition coefficient (Wildman–Crippen LogP) is 4.87. The fraction of sp³-hybridized carbons (Fsp3) is 0.261. The summed E-state index contributed by atoms with van der Waals surface area (Å²) in [5, 5.41) is 10.8. The second-order valence-electron chi connectivity index (χ2n) is 7.99. The van der Waals surface area contributed by atoms with Crippen LogP contribution in [0.25, 0.3) is 5.69 Å². The molecule has 0 aliphatic rings. The molecule has 30 heavy (non-hydrogen) atoms. The zero-order valence-electron chi connectivity index (χ0n) is 17.5. The van der Waals surface area contributed by atoms with Crippen LogP contribution in [0.4, 0.5) is 5.69 Å². The molecular weight excluding hydrogens is 400 g/mol. The number of rotatable bonds is 5. The van der Waals surface area contributed by atoms with E-state index in [1.807, 2.05) is 39.8 Å². The zero-order valence-corrected chi connectivity index (χ0v) is 18.2. The Labute approximate surface area is 181 Å². The number of benzene rings is 2. The minimum absolute atomic E-state index is 0.156. The Balaban J connectivity index is 1.77. The van der Waals surface area contributed by atoms with Gasteiger partial charge in [-0.3, -0.25) is 9.59 Å².